The SMILES string of the molecule is CC(=O)O[C@@H](C1CC(C)C2C(O1)[C@H](O)[C@@]1(C)[C@@H]3CC[C@H]4C(C)(C)C(O[C@@H](C=O)OCC=O)CC[C@@]45CC35CC[C@]21C)C(C)(C)O. The van der Waals surface area contributed by atoms with Crippen molar-refractivity contribution in [2.75, 3.05) is 6.61 Å². The Kier molecular flexibility index (Phi) is 8.05. The van der Waals surface area contributed by atoms with Gasteiger partial charge in [0, 0.05) is 12.3 Å². The van der Waals surface area contributed by atoms with Crippen LogP contribution in [0.3, 0.4) is 0 Å². The van der Waals surface area contributed by atoms with Crippen molar-refractivity contribution in [2.45, 2.75) is 149 Å². The molecule has 5 aliphatic carbocycles. The lowest BCUT2D eigenvalue weighted by Crippen LogP contribution is -2.60. The van der Waals surface area contributed by atoms with Gasteiger partial charge in [0.1, 0.15) is 12.9 Å². The van der Waals surface area contributed by atoms with Gasteiger partial charge < -0.3 is 34.0 Å². The van der Waals surface area contributed by atoms with E-state index in [0.29, 0.717) is 30.8 Å². The molecule has 9 nitrogen and oxygen atoms in total. The van der Waals surface area contributed by atoms with E-state index in [-0.39, 0.29) is 57.7 Å². The Morgan fingerprint density at radius 1 is 1.04 bits per heavy atom. The van der Waals surface area contributed by atoms with Crippen molar-refractivity contribution in [1.29, 1.82) is 0 Å². The number of esters is 1. The molecule has 0 aromatic rings. The molecular weight excluding hydrogens is 576 g/mol. The van der Waals surface area contributed by atoms with E-state index in [9.17, 15) is 24.6 Å². The summed E-state index contributed by atoms with van der Waals surface area (Å²) < 4.78 is 24.0. The average Bonchev–Trinajstić information content (AvgIpc) is 3.59. The number of carbonyl (C=O) groups excluding carboxylic acids is 3. The normalized spacial score (nSPS) is 49.2. The highest BCUT2D eigenvalue weighted by Crippen LogP contribution is 2.89. The molecule has 0 amide bonds. The van der Waals surface area contributed by atoms with Crippen LogP contribution in [0.5, 0.6) is 0 Å². The summed E-state index contributed by atoms with van der Waals surface area (Å²) in [6, 6.07) is 0. The number of aliphatic hydroxyl groups excluding tert-OH is 1. The first-order chi connectivity index (χ1) is 20.9. The van der Waals surface area contributed by atoms with E-state index in [2.05, 4.69) is 34.6 Å². The van der Waals surface area contributed by atoms with Crippen molar-refractivity contribution in [3.05, 3.63) is 0 Å². The molecule has 254 valence electrons. The van der Waals surface area contributed by atoms with Gasteiger partial charge >= 0.3 is 5.97 Å². The van der Waals surface area contributed by atoms with E-state index in [1.165, 1.54) is 13.3 Å². The Hall–Kier alpha value is -1.39. The van der Waals surface area contributed by atoms with Crippen molar-refractivity contribution >= 4 is 18.5 Å². The topological polar surface area (TPSA) is 129 Å². The van der Waals surface area contributed by atoms with E-state index in [0.717, 1.165) is 38.5 Å². The number of aldehydes is 2. The Bertz CT molecular complexity index is 1200. The third-order valence-electron chi connectivity index (χ3n) is 14.8. The maximum Gasteiger partial charge on any atom is 0.303 e. The number of carbonyl (C=O) groups is 3. The van der Waals surface area contributed by atoms with E-state index < -0.39 is 36.2 Å². The third kappa shape index (κ3) is 4.53. The lowest BCUT2D eigenvalue weighted by atomic mass is 9.41. The fourth-order valence-corrected chi connectivity index (χ4v) is 13.0. The van der Waals surface area contributed by atoms with Crippen molar-refractivity contribution in [3.63, 3.8) is 0 Å². The van der Waals surface area contributed by atoms with Crippen LogP contribution in [0.25, 0.3) is 0 Å². The molecule has 2 spiro atoms. The third-order valence-corrected chi connectivity index (χ3v) is 14.8. The van der Waals surface area contributed by atoms with Crippen LogP contribution in [0.4, 0.5) is 0 Å². The number of hydrogen-bond acceptors (Lipinski definition) is 9. The number of aliphatic hydroxyl groups is 2. The second-order valence-corrected chi connectivity index (χ2v) is 17.4. The predicted octanol–water partition coefficient (Wildman–Crippen LogP) is 4.63. The summed E-state index contributed by atoms with van der Waals surface area (Å²) in [4.78, 5) is 34.6. The minimum absolute atomic E-state index is 0.109. The zero-order chi connectivity index (χ0) is 33.0. The predicted molar refractivity (Wildman–Crippen MR) is 165 cm³/mol. The molecule has 1 aliphatic heterocycles. The molecular formula is C36H56O9. The van der Waals surface area contributed by atoms with E-state index in [1.807, 2.05) is 0 Å². The fraction of sp³-hybridized carbons (Fsp3) is 0.917. The van der Waals surface area contributed by atoms with Crippen LogP contribution in [0.2, 0.25) is 0 Å². The minimum Gasteiger partial charge on any atom is -0.457 e. The first-order valence-corrected chi connectivity index (χ1v) is 17.3. The van der Waals surface area contributed by atoms with E-state index in [4.69, 9.17) is 18.9 Å². The molecule has 1 heterocycles. The number of hydrogen-bond donors (Lipinski definition) is 2. The molecule has 0 bridgehead atoms. The van der Waals surface area contributed by atoms with Gasteiger partial charge in [0.2, 0.25) is 6.29 Å². The van der Waals surface area contributed by atoms with Gasteiger partial charge in [-0.1, -0.05) is 34.6 Å². The summed E-state index contributed by atoms with van der Waals surface area (Å²) in [5.41, 5.74) is -1.55. The van der Waals surface area contributed by atoms with Crippen LogP contribution in [0.1, 0.15) is 107 Å². The Morgan fingerprint density at radius 3 is 2.33 bits per heavy atom. The first-order valence-electron chi connectivity index (χ1n) is 17.3. The van der Waals surface area contributed by atoms with Crippen molar-refractivity contribution in [1.82, 2.24) is 0 Å². The molecule has 0 aromatic heterocycles. The smallest absolute Gasteiger partial charge is 0.303 e. The Labute approximate surface area is 268 Å². The van der Waals surface area contributed by atoms with Gasteiger partial charge in [-0.3, -0.25) is 9.59 Å². The maximum absolute atomic E-state index is 12.5. The van der Waals surface area contributed by atoms with Gasteiger partial charge in [0.15, 0.2) is 12.4 Å². The molecule has 6 fully saturated rings. The quantitative estimate of drug-likeness (QED) is 0.212. The van der Waals surface area contributed by atoms with Gasteiger partial charge in [0.05, 0.1) is 30.0 Å². The summed E-state index contributed by atoms with van der Waals surface area (Å²) in [7, 11) is 0. The van der Waals surface area contributed by atoms with Crippen LogP contribution in [0, 0.1) is 50.7 Å². The number of rotatable bonds is 9. The molecule has 6 rings (SSSR count). The van der Waals surface area contributed by atoms with Gasteiger partial charge in [-0.2, -0.15) is 0 Å². The van der Waals surface area contributed by atoms with Gasteiger partial charge in [-0.15, -0.1) is 0 Å². The summed E-state index contributed by atoms with van der Waals surface area (Å²) >= 11 is 0. The lowest BCUT2D eigenvalue weighted by Gasteiger charge is -2.63. The monoisotopic (exact) mass is 632 g/mol. The van der Waals surface area contributed by atoms with Crippen molar-refractivity contribution < 1.29 is 43.5 Å². The van der Waals surface area contributed by atoms with Gasteiger partial charge in [-0.25, -0.2) is 0 Å². The van der Waals surface area contributed by atoms with Gasteiger partial charge in [-0.05, 0) is 111 Å². The van der Waals surface area contributed by atoms with Crippen LogP contribution in [0.15, 0.2) is 0 Å². The van der Waals surface area contributed by atoms with Crippen LogP contribution in [-0.2, 0) is 33.3 Å². The van der Waals surface area contributed by atoms with Crippen molar-refractivity contribution in [2.24, 2.45) is 50.7 Å². The first kappa shape index (κ1) is 33.5. The highest BCUT2D eigenvalue weighted by Gasteiger charge is 2.84. The minimum atomic E-state index is -1.28. The van der Waals surface area contributed by atoms with Crippen LogP contribution >= 0.6 is 0 Å². The molecule has 14 atom stereocenters. The molecule has 6 unspecified atom stereocenters. The second-order valence-electron chi connectivity index (χ2n) is 17.4. The van der Waals surface area contributed by atoms with E-state index >= 15 is 0 Å². The molecule has 6 aliphatic rings. The largest absolute Gasteiger partial charge is 0.457 e. The molecule has 0 aromatic carbocycles. The second kappa shape index (κ2) is 10.8. The highest BCUT2D eigenvalue weighted by molar-refractivity contribution is 5.66. The molecule has 9 heteroatoms. The van der Waals surface area contributed by atoms with E-state index in [1.54, 1.807) is 13.8 Å². The number of ether oxygens (including phenoxy) is 4. The van der Waals surface area contributed by atoms with Gasteiger partial charge in [0.25, 0.3) is 0 Å². The Morgan fingerprint density at radius 2 is 1.71 bits per heavy atom. The zero-order valence-corrected chi connectivity index (χ0v) is 28.5. The summed E-state index contributed by atoms with van der Waals surface area (Å²) in [6.45, 7) is 16.1. The average molecular weight is 633 g/mol. The van der Waals surface area contributed by atoms with Crippen LogP contribution in [-0.4, -0.2) is 77.8 Å². The molecule has 2 N–H and O–H groups in total. The van der Waals surface area contributed by atoms with Crippen molar-refractivity contribution in [3.8, 4) is 0 Å². The molecule has 5 saturated carbocycles. The summed E-state index contributed by atoms with van der Waals surface area (Å²) in [5, 5.41) is 23.4. The standard InChI is InChI=1S/C36H56O9/c1-20-17-22(30(32(5,6)41)43-21(2)39)44-28-27(20)33(7)13-14-36-19-35(36)12-11-25(45-26(18-38)42-16-15-37)31(3,4)23(35)9-10-24(36)34(33,8)29(28)40/h15,18,20,22-30,40-41H,9-14,16-17,19H2,1-8H3/t20?,22?,23-,24-,25?,26-,27?,28?,29-,30-,33+,34+,35+,36?/m0/s1. The highest BCUT2D eigenvalue weighted by atomic mass is 16.7. The Balaban J connectivity index is 1.27. The van der Waals surface area contributed by atoms with Crippen LogP contribution < -0.4 is 0 Å². The molecule has 1 saturated heterocycles. The molecule has 0 radical (unpaired) electrons. The number of fused-ring (bicyclic) bond motifs is 4. The maximum atomic E-state index is 12.5. The lowest BCUT2D eigenvalue weighted by molar-refractivity contribution is -0.224. The molecule has 45 heavy (non-hydrogen) atoms. The fourth-order valence-electron chi connectivity index (χ4n) is 13.0. The summed E-state index contributed by atoms with van der Waals surface area (Å²) in [6.07, 6.45) is 5.71. The zero-order valence-electron chi connectivity index (χ0n) is 28.5. The summed E-state index contributed by atoms with van der Waals surface area (Å²) in [5.74, 6) is 0.748.